The number of carbonyl (C=O) groups excluding carboxylic acids is 1. The van der Waals surface area contributed by atoms with Gasteiger partial charge < -0.3 is 14.8 Å². The fraction of sp³-hybridized carbons (Fsp3) is 0.400. The zero-order valence-corrected chi connectivity index (χ0v) is 12.1. The second kappa shape index (κ2) is 8.94. The number of ether oxygens (including phenoxy) is 2. The molecule has 1 aromatic rings. The number of benzene rings is 1. The summed E-state index contributed by atoms with van der Waals surface area (Å²) in [5, 5.41) is 2.74. The molecule has 1 N–H and O–H groups in total. The number of halogens is 2. The van der Waals surface area contributed by atoms with Crippen molar-refractivity contribution in [2.45, 2.75) is 26.4 Å². The van der Waals surface area contributed by atoms with Crippen LogP contribution >= 0.6 is 0 Å². The topological polar surface area (TPSA) is 47.6 Å². The molecule has 1 aromatic carbocycles. The lowest BCUT2D eigenvalue weighted by Crippen LogP contribution is -2.21. The summed E-state index contributed by atoms with van der Waals surface area (Å²) < 4.78 is 33.7. The van der Waals surface area contributed by atoms with Crippen molar-refractivity contribution >= 4 is 12.0 Å². The molecular weight excluding hydrogens is 280 g/mol. The van der Waals surface area contributed by atoms with Crippen molar-refractivity contribution in [2.75, 3.05) is 13.7 Å². The lowest BCUT2D eigenvalue weighted by Gasteiger charge is -2.10. The number of nitrogens with one attached hydrogen (secondary N) is 1. The van der Waals surface area contributed by atoms with Gasteiger partial charge in [0, 0.05) is 12.6 Å². The van der Waals surface area contributed by atoms with Crippen LogP contribution in [0.1, 0.15) is 25.3 Å². The molecule has 0 aliphatic heterocycles. The molecule has 6 heteroatoms. The Labute approximate surface area is 122 Å². The molecule has 1 rings (SSSR count). The largest absolute Gasteiger partial charge is 0.493 e. The minimum absolute atomic E-state index is 0.0444. The van der Waals surface area contributed by atoms with Gasteiger partial charge >= 0.3 is 6.61 Å². The average Bonchev–Trinajstić information content (AvgIpc) is 2.46. The molecule has 0 aliphatic rings. The highest BCUT2D eigenvalue weighted by Gasteiger charge is 2.10. The van der Waals surface area contributed by atoms with Crippen molar-refractivity contribution in [3.63, 3.8) is 0 Å². The van der Waals surface area contributed by atoms with Gasteiger partial charge in [-0.25, -0.2) is 0 Å². The van der Waals surface area contributed by atoms with Crippen LogP contribution in [0.15, 0.2) is 24.3 Å². The third-order valence-corrected chi connectivity index (χ3v) is 2.66. The van der Waals surface area contributed by atoms with Gasteiger partial charge in [0.2, 0.25) is 5.91 Å². The van der Waals surface area contributed by atoms with Crippen LogP contribution in [0, 0.1) is 0 Å². The van der Waals surface area contributed by atoms with E-state index in [1.165, 1.54) is 25.3 Å². The van der Waals surface area contributed by atoms with Gasteiger partial charge in [0.05, 0.1) is 7.11 Å². The first-order valence-corrected chi connectivity index (χ1v) is 6.65. The van der Waals surface area contributed by atoms with Crippen molar-refractivity contribution in [3.05, 3.63) is 29.8 Å². The molecule has 4 nitrogen and oxygen atoms in total. The predicted molar refractivity (Wildman–Crippen MR) is 76.6 cm³/mol. The summed E-state index contributed by atoms with van der Waals surface area (Å²) in [7, 11) is 1.36. The highest BCUT2D eigenvalue weighted by Crippen LogP contribution is 2.29. The molecule has 0 fully saturated rings. The van der Waals surface area contributed by atoms with Crippen LogP contribution < -0.4 is 14.8 Å². The van der Waals surface area contributed by atoms with Gasteiger partial charge in [-0.2, -0.15) is 8.78 Å². The molecule has 0 aliphatic carbocycles. The summed E-state index contributed by atoms with van der Waals surface area (Å²) in [6.07, 6.45) is 4.90. The summed E-state index contributed by atoms with van der Waals surface area (Å²) >= 11 is 0. The molecule has 0 atom stereocenters. The molecule has 0 saturated carbocycles. The first kappa shape index (κ1) is 16.9. The lowest BCUT2D eigenvalue weighted by atomic mass is 10.2. The Morgan fingerprint density at radius 2 is 2.14 bits per heavy atom. The van der Waals surface area contributed by atoms with Gasteiger partial charge in [-0.3, -0.25) is 4.79 Å². The third kappa shape index (κ3) is 6.25. The minimum atomic E-state index is -2.91. The maximum Gasteiger partial charge on any atom is 0.387 e. The molecule has 0 bridgehead atoms. The first-order valence-electron chi connectivity index (χ1n) is 6.65. The molecule has 21 heavy (non-hydrogen) atoms. The van der Waals surface area contributed by atoms with E-state index < -0.39 is 6.61 Å². The third-order valence-electron chi connectivity index (χ3n) is 2.66. The van der Waals surface area contributed by atoms with E-state index in [4.69, 9.17) is 4.74 Å². The van der Waals surface area contributed by atoms with Crippen molar-refractivity contribution in [3.8, 4) is 11.5 Å². The van der Waals surface area contributed by atoms with E-state index in [0.29, 0.717) is 12.1 Å². The molecule has 116 valence electrons. The molecule has 0 unspecified atom stereocenters. The molecular formula is C15H19F2NO3. The Hall–Kier alpha value is -2.11. The van der Waals surface area contributed by atoms with Gasteiger partial charge in [-0.15, -0.1) is 0 Å². The Bertz CT molecular complexity index is 490. The summed E-state index contributed by atoms with van der Waals surface area (Å²) in [5.41, 5.74) is 0.652. The molecule has 0 spiro atoms. The van der Waals surface area contributed by atoms with Crippen molar-refractivity contribution in [1.29, 1.82) is 0 Å². The van der Waals surface area contributed by atoms with Crippen LogP contribution in [0.2, 0.25) is 0 Å². The van der Waals surface area contributed by atoms with Gasteiger partial charge in [0.1, 0.15) is 0 Å². The predicted octanol–water partition coefficient (Wildman–Crippen LogP) is 3.23. The normalized spacial score (nSPS) is 10.9. The highest BCUT2D eigenvalue weighted by atomic mass is 19.3. The highest BCUT2D eigenvalue weighted by molar-refractivity contribution is 5.91. The smallest absolute Gasteiger partial charge is 0.387 e. The van der Waals surface area contributed by atoms with E-state index in [1.807, 2.05) is 6.92 Å². The van der Waals surface area contributed by atoms with Crippen LogP contribution in [0.5, 0.6) is 11.5 Å². The maximum absolute atomic E-state index is 12.2. The van der Waals surface area contributed by atoms with Crippen molar-refractivity contribution in [2.24, 2.45) is 0 Å². The second-order valence-electron chi connectivity index (χ2n) is 4.27. The van der Waals surface area contributed by atoms with E-state index in [9.17, 15) is 13.6 Å². The van der Waals surface area contributed by atoms with Crippen molar-refractivity contribution < 1.29 is 23.0 Å². The van der Waals surface area contributed by atoms with Gasteiger partial charge in [-0.1, -0.05) is 19.4 Å². The Morgan fingerprint density at radius 3 is 2.76 bits per heavy atom. The van der Waals surface area contributed by atoms with Crippen LogP contribution in [0.3, 0.4) is 0 Å². The van der Waals surface area contributed by atoms with E-state index in [2.05, 4.69) is 10.1 Å². The summed E-state index contributed by atoms with van der Waals surface area (Å²) in [5.74, 6) is -0.0591. The van der Waals surface area contributed by atoms with Crippen LogP contribution in [-0.2, 0) is 4.79 Å². The van der Waals surface area contributed by atoms with Gasteiger partial charge in [0.15, 0.2) is 11.5 Å². The van der Waals surface area contributed by atoms with Crippen molar-refractivity contribution in [1.82, 2.24) is 5.32 Å². The fourth-order valence-corrected chi connectivity index (χ4v) is 1.60. The quantitative estimate of drug-likeness (QED) is 0.592. The SMILES string of the molecule is CCCCNC(=O)C=Cc1ccc(OC(F)F)c(OC)c1. The maximum atomic E-state index is 12.2. The molecule has 0 radical (unpaired) electrons. The summed E-state index contributed by atoms with van der Waals surface area (Å²) in [6, 6.07) is 4.46. The Kier molecular flexibility index (Phi) is 7.21. The number of amides is 1. The lowest BCUT2D eigenvalue weighted by molar-refractivity contribution is -0.116. The zero-order valence-electron chi connectivity index (χ0n) is 12.1. The standard InChI is InChI=1S/C15H19F2NO3/c1-3-4-9-18-14(19)8-6-11-5-7-12(21-15(16)17)13(10-11)20-2/h5-8,10,15H,3-4,9H2,1-2H3,(H,18,19). The molecule has 1 amide bonds. The number of alkyl halides is 2. The van der Waals surface area contributed by atoms with Crippen LogP contribution in [-0.4, -0.2) is 26.2 Å². The fourth-order valence-electron chi connectivity index (χ4n) is 1.60. The number of unbranched alkanes of at least 4 members (excludes halogenated alkanes) is 1. The Balaban J connectivity index is 2.69. The van der Waals surface area contributed by atoms with Crippen LogP contribution in [0.25, 0.3) is 6.08 Å². The zero-order chi connectivity index (χ0) is 15.7. The summed E-state index contributed by atoms with van der Waals surface area (Å²) in [6.45, 7) is -0.244. The van der Waals surface area contributed by atoms with Crippen LogP contribution in [0.4, 0.5) is 8.78 Å². The number of hydrogen-bond acceptors (Lipinski definition) is 3. The van der Waals surface area contributed by atoms with E-state index in [1.54, 1.807) is 12.1 Å². The minimum Gasteiger partial charge on any atom is -0.493 e. The first-order chi connectivity index (χ1) is 10.1. The second-order valence-corrected chi connectivity index (χ2v) is 4.27. The number of hydrogen-bond donors (Lipinski definition) is 1. The van der Waals surface area contributed by atoms with E-state index in [-0.39, 0.29) is 17.4 Å². The molecule has 0 aromatic heterocycles. The number of carbonyl (C=O) groups is 1. The average molecular weight is 299 g/mol. The summed E-state index contributed by atoms with van der Waals surface area (Å²) in [4.78, 5) is 11.5. The molecule has 0 saturated heterocycles. The van der Waals surface area contributed by atoms with Gasteiger partial charge in [-0.05, 0) is 30.2 Å². The number of methoxy groups -OCH3 is 1. The number of rotatable bonds is 8. The van der Waals surface area contributed by atoms with E-state index in [0.717, 1.165) is 12.8 Å². The Morgan fingerprint density at radius 1 is 1.38 bits per heavy atom. The van der Waals surface area contributed by atoms with E-state index >= 15 is 0 Å². The van der Waals surface area contributed by atoms with Gasteiger partial charge in [0.25, 0.3) is 0 Å². The molecule has 0 heterocycles. The monoisotopic (exact) mass is 299 g/mol.